The molecule has 1 saturated heterocycles. The fourth-order valence-corrected chi connectivity index (χ4v) is 6.06. The van der Waals surface area contributed by atoms with Crippen molar-refractivity contribution in [2.45, 2.75) is 25.7 Å². The molecule has 0 atom stereocenters. The minimum absolute atomic E-state index is 0.173. The highest BCUT2D eigenvalue weighted by molar-refractivity contribution is 6.17. The van der Waals surface area contributed by atoms with Crippen molar-refractivity contribution in [3.8, 4) is 11.5 Å². The molecule has 2 aliphatic heterocycles. The van der Waals surface area contributed by atoms with E-state index in [2.05, 4.69) is 31.9 Å². The van der Waals surface area contributed by atoms with Crippen molar-refractivity contribution in [2.75, 3.05) is 56.7 Å². The fourth-order valence-electron chi connectivity index (χ4n) is 5.92. The summed E-state index contributed by atoms with van der Waals surface area (Å²) in [4.78, 5) is 11.3. The lowest BCUT2D eigenvalue weighted by Gasteiger charge is -2.36. The van der Waals surface area contributed by atoms with Gasteiger partial charge in [0.25, 0.3) is 0 Å². The molecule has 6 nitrogen and oxygen atoms in total. The van der Waals surface area contributed by atoms with E-state index in [0.29, 0.717) is 19.1 Å². The summed E-state index contributed by atoms with van der Waals surface area (Å²) in [5.74, 6) is 1.97. The Morgan fingerprint density at radius 1 is 0.698 bits per heavy atom. The van der Waals surface area contributed by atoms with Crippen LogP contribution in [-0.4, -0.2) is 66.7 Å². The summed E-state index contributed by atoms with van der Waals surface area (Å²) in [5, 5.41) is 1.98. The summed E-state index contributed by atoms with van der Waals surface area (Å²) in [6.45, 7) is 6.44. The first kappa shape index (κ1) is 29.3. The number of hydrogen-bond acceptors (Lipinski definition) is 4. The molecule has 9 heteroatoms. The van der Waals surface area contributed by atoms with Crippen LogP contribution in [-0.2, 0) is 12.8 Å². The van der Waals surface area contributed by atoms with Crippen molar-refractivity contribution < 1.29 is 18.3 Å². The van der Waals surface area contributed by atoms with Crippen LogP contribution < -0.4 is 14.4 Å². The van der Waals surface area contributed by atoms with Gasteiger partial charge in [-0.25, -0.2) is 8.78 Å². The first-order chi connectivity index (χ1) is 21.1. The molecule has 0 amide bonds. The maximum Gasteiger partial charge on any atom is 0.163 e. The zero-order valence-corrected chi connectivity index (χ0v) is 24.9. The predicted octanol–water partition coefficient (Wildman–Crippen LogP) is 7.31. The number of halogens is 3. The van der Waals surface area contributed by atoms with Crippen LogP contribution in [0.4, 0.5) is 14.5 Å². The zero-order chi connectivity index (χ0) is 29.6. The fraction of sp³-hybridized carbons (Fsp3) is 0.353. The number of fused-ring (bicyclic) bond motifs is 3. The Bertz CT molecular complexity index is 1660. The minimum atomic E-state index is -0.191. The van der Waals surface area contributed by atoms with Crippen molar-refractivity contribution in [1.82, 2.24) is 14.9 Å². The number of alkyl halides is 1. The molecule has 2 aromatic heterocycles. The lowest BCUT2D eigenvalue weighted by atomic mass is 10.1. The van der Waals surface area contributed by atoms with Gasteiger partial charge in [0.05, 0.1) is 0 Å². The maximum atomic E-state index is 13.5. The molecule has 0 spiro atoms. The molecule has 0 unspecified atom stereocenters. The van der Waals surface area contributed by atoms with Gasteiger partial charge in [-0.15, -0.1) is 11.6 Å². The van der Waals surface area contributed by atoms with Crippen LogP contribution in [0.2, 0.25) is 0 Å². The second-order valence-electron chi connectivity index (χ2n) is 11.1. The Labute approximate surface area is 255 Å². The number of hydrogen-bond donors (Lipinski definition) is 2. The molecule has 7 rings (SSSR count). The number of nitrogens with one attached hydrogen (secondary N) is 2. The van der Waals surface area contributed by atoms with Crippen LogP contribution in [0, 0.1) is 11.6 Å². The van der Waals surface area contributed by atoms with E-state index in [4.69, 9.17) is 21.1 Å². The molecule has 4 heterocycles. The van der Waals surface area contributed by atoms with E-state index in [1.54, 1.807) is 18.2 Å². The maximum absolute atomic E-state index is 13.5. The molecule has 43 heavy (non-hydrogen) atoms. The molecule has 3 aromatic carbocycles. The summed E-state index contributed by atoms with van der Waals surface area (Å²) < 4.78 is 37.8. The molecular weight excluding hydrogens is 570 g/mol. The normalized spacial score (nSPS) is 15.1. The summed E-state index contributed by atoms with van der Waals surface area (Å²) >= 11 is 5.62. The van der Waals surface area contributed by atoms with Crippen LogP contribution in [0.5, 0.6) is 11.5 Å². The van der Waals surface area contributed by atoms with Gasteiger partial charge in [-0.05, 0) is 91.9 Å². The zero-order valence-electron chi connectivity index (χ0n) is 24.2. The Balaban J connectivity index is 0.000000197. The van der Waals surface area contributed by atoms with Gasteiger partial charge in [-0.2, -0.15) is 0 Å². The number of ether oxygens (including phenoxy) is 2. The van der Waals surface area contributed by atoms with Crippen molar-refractivity contribution in [3.05, 3.63) is 89.8 Å². The van der Waals surface area contributed by atoms with Gasteiger partial charge in [-0.1, -0.05) is 0 Å². The summed E-state index contributed by atoms with van der Waals surface area (Å²) in [6, 6.07) is 16.0. The first-order valence-electron chi connectivity index (χ1n) is 15.0. The van der Waals surface area contributed by atoms with E-state index in [1.165, 1.54) is 23.4 Å². The van der Waals surface area contributed by atoms with Gasteiger partial charge in [-0.3, -0.25) is 4.90 Å². The quantitative estimate of drug-likeness (QED) is 0.182. The number of aromatic amines is 2. The van der Waals surface area contributed by atoms with E-state index in [9.17, 15) is 8.78 Å². The second kappa shape index (κ2) is 13.7. The number of anilines is 1. The molecule has 5 aromatic rings. The third-order valence-electron chi connectivity index (χ3n) is 8.22. The van der Waals surface area contributed by atoms with Crippen molar-refractivity contribution in [2.24, 2.45) is 0 Å². The van der Waals surface area contributed by atoms with Crippen LogP contribution in [0.15, 0.2) is 67.0 Å². The Hall–Kier alpha value is -3.75. The van der Waals surface area contributed by atoms with E-state index in [0.717, 1.165) is 97.3 Å². The molecule has 226 valence electrons. The highest BCUT2D eigenvalue weighted by Crippen LogP contribution is 2.34. The Kier molecular flexibility index (Phi) is 9.34. The number of aromatic nitrogens is 2. The topological polar surface area (TPSA) is 56.5 Å². The number of benzene rings is 3. The number of H-pyrrole nitrogens is 2. The highest BCUT2D eigenvalue weighted by atomic mass is 35.5. The van der Waals surface area contributed by atoms with Gasteiger partial charge in [0, 0.05) is 78.0 Å². The van der Waals surface area contributed by atoms with Gasteiger partial charge < -0.3 is 24.3 Å². The van der Waals surface area contributed by atoms with Crippen molar-refractivity contribution in [3.63, 3.8) is 0 Å². The van der Waals surface area contributed by atoms with Crippen LogP contribution in [0.3, 0.4) is 0 Å². The molecule has 1 fully saturated rings. The predicted molar refractivity (Wildman–Crippen MR) is 170 cm³/mol. The monoisotopic (exact) mass is 606 g/mol. The van der Waals surface area contributed by atoms with Crippen LogP contribution >= 0.6 is 11.6 Å². The molecule has 0 aliphatic carbocycles. The molecule has 2 aliphatic rings. The number of rotatable bonds is 8. The third-order valence-corrected chi connectivity index (χ3v) is 8.49. The summed E-state index contributed by atoms with van der Waals surface area (Å²) in [5.41, 5.74) is 5.54. The SMILES string of the molecule is Fc1ccc2[nH]cc(CCCCl)c2c1.Fc1ccc2[nH]cc(CCCN3CCN(c4ccc5c(c4)OCCO5)CC3)c2c1. The summed E-state index contributed by atoms with van der Waals surface area (Å²) in [7, 11) is 0. The van der Waals surface area contributed by atoms with Crippen LogP contribution in [0.1, 0.15) is 24.0 Å². The van der Waals surface area contributed by atoms with E-state index in [-0.39, 0.29) is 11.6 Å². The highest BCUT2D eigenvalue weighted by Gasteiger charge is 2.20. The lowest BCUT2D eigenvalue weighted by Crippen LogP contribution is -2.46. The summed E-state index contributed by atoms with van der Waals surface area (Å²) in [6.07, 6.45) is 7.80. The third kappa shape index (κ3) is 7.08. The Morgan fingerprint density at radius 3 is 1.93 bits per heavy atom. The molecule has 0 radical (unpaired) electrons. The van der Waals surface area contributed by atoms with Crippen molar-refractivity contribution >= 4 is 39.1 Å². The Morgan fingerprint density at radius 2 is 1.30 bits per heavy atom. The molecular formula is C34H37ClF2N4O2. The lowest BCUT2D eigenvalue weighted by molar-refractivity contribution is 0.171. The molecule has 2 N–H and O–H groups in total. The van der Waals surface area contributed by atoms with E-state index < -0.39 is 0 Å². The number of aryl methyl sites for hydroxylation is 2. The smallest absolute Gasteiger partial charge is 0.163 e. The molecule has 0 bridgehead atoms. The standard InChI is InChI=1S/C23H26FN3O2.C11H11ClFN/c24-18-3-5-21-20(14-18)17(16-25-21)2-1-7-26-8-10-27(11-9-26)19-4-6-22-23(15-19)29-13-12-28-22;12-5-1-2-8-7-14-11-4-3-9(13)6-10(8)11/h3-6,14-16,25H,1-2,7-13H2;3-4,6-7,14H,1-2,5H2. The van der Waals surface area contributed by atoms with E-state index in [1.807, 2.05) is 24.5 Å². The van der Waals surface area contributed by atoms with Crippen molar-refractivity contribution in [1.29, 1.82) is 0 Å². The second-order valence-corrected chi connectivity index (χ2v) is 11.4. The first-order valence-corrected chi connectivity index (χ1v) is 15.5. The van der Waals surface area contributed by atoms with E-state index >= 15 is 0 Å². The minimum Gasteiger partial charge on any atom is -0.486 e. The van der Waals surface area contributed by atoms with Crippen LogP contribution in [0.25, 0.3) is 21.8 Å². The average molecular weight is 607 g/mol. The number of nitrogens with zero attached hydrogens (tertiary/aromatic N) is 2. The number of piperazine rings is 1. The molecule has 0 saturated carbocycles. The van der Waals surface area contributed by atoms with Gasteiger partial charge >= 0.3 is 0 Å². The largest absolute Gasteiger partial charge is 0.486 e. The van der Waals surface area contributed by atoms with Gasteiger partial charge in [0.15, 0.2) is 11.5 Å². The van der Waals surface area contributed by atoms with Gasteiger partial charge in [0.2, 0.25) is 0 Å². The average Bonchev–Trinajstić information content (AvgIpc) is 3.63. The van der Waals surface area contributed by atoms with Gasteiger partial charge in [0.1, 0.15) is 24.8 Å².